The van der Waals surface area contributed by atoms with Gasteiger partial charge in [0, 0.05) is 23.2 Å². The second-order valence-electron chi connectivity index (χ2n) is 3.18. The van der Waals surface area contributed by atoms with Gasteiger partial charge >= 0.3 is 0 Å². The second kappa shape index (κ2) is 6.04. The van der Waals surface area contributed by atoms with Gasteiger partial charge in [0.2, 0.25) is 5.91 Å². The Balaban J connectivity index is 2.18. The van der Waals surface area contributed by atoms with Gasteiger partial charge in [0.25, 0.3) is 0 Å². The molecule has 78 valence electrons. The minimum absolute atomic E-state index is 0.0385. The Morgan fingerprint density at radius 2 is 2.50 bits per heavy atom. The van der Waals surface area contributed by atoms with Gasteiger partial charge in [-0.25, -0.2) is 0 Å². The van der Waals surface area contributed by atoms with Crippen LogP contribution in [-0.4, -0.2) is 18.3 Å². The first-order valence-corrected chi connectivity index (χ1v) is 6.01. The molecule has 0 bridgehead atoms. The van der Waals surface area contributed by atoms with Gasteiger partial charge in [0.15, 0.2) is 0 Å². The summed E-state index contributed by atoms with van der Waals surface area (Å²) < 4.78 is 0. The molecule has 14 heavy (non-hydrogen) atoms. The van der Waals surface area contributed by atoms with Gasteiger partial charge in [-0.3, -0.25) is 4.79 Å². The summed E-state index contributed by atoms with van der Waals surface area (Å²) in [5.41, 5.74) is 0. The SMILES string of the molecule is CC(CCl)C(=O)NCCc1cccs1. The van der Waals surface area contributed by atoms with Crippen molar-refractivity contribution in [2.45, 2.75) is 13.3 Å². The van der Waals surface area contributed by atoms with Crippen molar-refractivity contribution in [3.63, 3.8) is 0 Å². The van der Waals surface area contributed by atoms with Crippen molar-refractivity contribution in [1.82, 2.24) is 5.32 Å². The lowest BCUT2D eigenvalue weighted by Crippen LogP contribution is -2.31. The summed E-state index contributed by atoms with van der Waals surface area (Å²) >= 11 is 7.28. The molecule has 4 heteroatoms. The summed E-state index contributed by atoms with van der Waals surface area (Å²) in [6.45, 7) is 2.52. The summed E-state index contributed by atoms with van der Waals surface area (Å²) in [4.78, 5) is 12.6. The zero-order valence-electron chi connectivity index (χ0n) is 8.13. The number of hydrogen-bond acceptors (Lipinski definition) is 2. The van der Waals surface area contributed by atoms with Gasteiger partial charge in [0.05, 0.1) is 0 Å². The predicted molar refractivity (Wildman–Crippen MR) is 60.9 cm³/mol. The van der Waals surface area contributed by atoms with Crippen LogP contribution in [0.2, 0.25) is 0 Å². The summed E-state index contributed by atoms with van der Waals surface area (Å²) in [5.74, 6) is 0.321. The summed E-state index contributed by atoms with van der Waals surface area (Å²) in [7, 11) is 0. The maximum atomic E-state index is 11.3. The quantitative estimate of drug-likeness (QED) is 0.775. The van der Waals surface area contributed by atoms with Crippen LogP contribution < -0.4 is 5.32 Å². The van der Waals surface area contributed by atoms with Gasteiger partial charge in [-0.1, -0.05) is 13.0 Å². The van der Waals surface area contributed by atoms with Crippen LogP contribution in [0.4, 0.5) is 0 Å². The van der Waals surface area contributed by atoms with Crippen LogP contribution in [0.3, 0.4) is 0 Å². The normalized spacial score (nSPS) is 12.4. The maximum Gasteiger partial charge on any atom is 0.224 e. The van der Waals surface area contributed by atoms with Gasteiger partial charge < -0.3 is 5.32 Å². The molecule has 1 unspecified atom stereocenters. The molecule has 0 spiro atoms. The molecule has 1 aromatic heterocycles. The fraction of sp³-hybridized carbons (Fsp3) is 0.500. The van der Waals surface area contributed by atoms with Crippen molar-refractivity contribution < 1.29 is 4.79 Å². The highest BCUT2D eigenvalue weighted by Crippen LogP contribution is 2.08. The first-order valence-electron chi connectivity index (χ1n) is 4.60. The summed E-state index contributed by atoms with van der Waals surface area (Å²) in [6, 6.07) is 4.09. The molecule has 1 rings (SSSR count). The fourth-order valence-corrected chi connectivity index (χ4v) is 1.86. The molecular weight excluding hydrogens is 218 g/mol. The Kier molecular flexibility index (Phi) is 4.98. The van der Waals surface area contributed by atoms with Gasteiger partial charge in [-0.2, -0.15) is 0 Å². The van der Waals surface area contributed by atoms with E-state index < -0.39 is 0 Å². The lowest BCUT2D eigenvalue weighted by atomic mass is 10.2. The number of carbonyl (C=O) groups is 1. The Morgan fingerprint density at radius 3 is 3.07 bits per heavy atom. The molecular formula is C10H14ClNOS. The molecule has 1 N–H and O–H groups in total. The predicted octanol–water partition coefficient (Wildman–Crippen LogP) is 2.28. The third-order valence-electron chi connectivity index (χ3n) is 1.93. The van der Waals surface area contributed by atoms with Crippen LogP contribution in [-0.2, 0) is 11.2 Å². The molecule has 1 aromatic rings. The van der Waals surface area contributed by atoms with Crippen LogP contribution in [0.25, 0.3) is 0 Å². The Morgan fingerprint density at radius 1 is 1.71 bits per heavy atom. The highest BCUT2D eigenvalue weighted by molar-refractivity contribution is 7.09. The van der Waals surface area contributed by atoms with E-state index in [0.717, 1.165) is 6.42 Å². The number of alkyl halides is 1. The molecule has 0 aromatic carbocycles. The van der Waals surface area contributed by atoms with E-state index in [1.54, 1.807) is 11.3 Å². The van der Waals surface area contributed by atoms with E-state index in [0.29, 0.717) is 12.4 Å². The topological polar surface area (TPSA) is 29.1 Å². The summed E-state index contributed by atoms with van der Waals surface area (Å²) in [6.07, 6.45) is 0.901. The van der Waals surface area contributed by atoms with Crippen molar-refractivity contribution in [3.8, 4) is 0 Å². The highest BCUT2D eigenvalue weighted by atomic mass is 35.5. The third-order valence-corrected chi connectivity index (χ3v) is 3.33. The zero-order valence-corrected chi connectivity index (χ0v) is 9.70. The van der Waals surface area contributed by atoms with E-state index in [1.165, 1.54) is 4.88 Å². The molecule has 0 aliphatic heterocycles. The largest absolute Gasteiger partial charge is 0.355 e. The van der Waals surface area contributed by atoms with Gasteiger partial charge in [-0.05, 0) is 17.9 Å². The number of rotatable bonds is 5. The average molecular weight is 232 g/mol. The number of amides is 1. The standard InChI is InChI=1S/C10H14ClNOS/c1-8(7-11)10(13)12-5-4-9-3-2-6-14-9/h2-3,6,8H,4-5,7H2,1H3,(H,12,13). The second-order valence-corrected chi connectivity index (χ2v) is 4.52. The molecule has 0 aliphatic carbocycles. The van der Waals surface area contributed by atoms with E-state index in [2.05, 4.69) is 11.4 Å². The molecule has 1 atom stereocenters. The molecule has 0 saturated heterocycles. The average Bonchev–Trinajstić information content (AvgIpc) is 2.69. The number of thiophene rings is 1. The maximum absolute atomic E-state index is 11.3. The van der Waals surface area contributed by atoms with Crippen molar-refractivity contribution in [2.24, 2.45) is 5.92 Å². The monoisotopic (exact) mass is 231 g/mol. The summed E-state index contributed by atoms with van der Waals surface area (Å²) in [5, 5.41) is 4.90. The number of halogens is 1. The van der Waals surface area contributed by atoms with Crippen LogP contribution in [0.5, 0.6) is 0 Å². The lowest BCUT2D eigenvalue weighted by Gasteiger charge is -2.08. The molecule has 0 aliphatic rings. The Bertz CT molecular complexity index is 274. The molecule has 0 radical (unpaired) electrons. The van der Waals surface area contributed by atoms with Crippen molar-refractivity contribution in [3.05, 3.63) is 22.4 Å². The van der Waals surface area contributed by atoms with E-state index in [1.807, 2.05) is 18.4 Å². The molecule has 0 fully saturated rings. The van der Waals surface area contributed by atoms with Crippen molar-refractivity contribution >= 4 is 28.8 Å². The van der Waals surface area contributed by atoms with Crippen LogP contribution in [0, 0.1) is 5.92 Å². The molecule has 0 saturated carbocycles. The Hall–Kier alpha value is -0.540. The minimum Gasteiger partial charge on any atom is -0.355 e. The van der Waals surface area contributed by atoms with E-state index in [4.69, 9.17) is 11.6 Å². The molecule has 1 heterocycles. The van der Waals surface area contributed by atoms with Gasteiger partial charge in [0.1, 0.15) is 0 Å². The van der Waals surface area contributed by atoms with Crippen molar-refractivity contribution in [2.75, 3.05) is 12.4 Å². The first-order chi connectivity index (χ1) is 6.74. The van der Waals surface area contributed by atoms with Crippen molar-refractivity contribution in [1.29, 1.82) is 0 Å². The van der Waals surface area contributed by atoms with Crippen LogP contribution in [0.1, 0.15) is 11.8 Å². The highest BCUT2D eigenvalue weighted by Gasteiger charge is 2.09. The lowest BCUT2D eigenvalue weighted by molar-refractivity contribution is -0.123. The molecule has 2 nitrogen and oxygen atoms in total. The van der Waals surface area contributed by atoms with E-state index in [9.17, 15) is 4.79 Å². The van der Waals surface area contributed by atoms with Gasteiger partial charge in [-0.15, -0.1) is 22.9 Å². The van der Waals surface area contributed by atoms with Crippen LogP contribution >= 0.6 is 22.9 Å². The van der Waals surface area contributed by atoms with E-state index in [-0.39, 0.29) is 11.8 Å². The smallest absolute Gasteiger partial charge is 0.224 e. The van der Waals surface area contributed by atoms with E-state index >= 15 is 0 Å². The third kappa shape index (κ3) is 3.68. The first kappa shape index (κ1) is 11.5. The van der Waals surface area contributed by atoms with Crippen LogP contribution in [0.15, 0.2) is 17.5 Å². The fourth-order valence-electron chi connectivity index (χ4n) is 1.01. The number of carbonyl (C=O) groups excluding carboxylic acids is 1. The number of hydrogen-bond donors (Lipinski definition) is 1. The Labute approximate surface area is 93.3 Å². The molecule has 1 amide bonds. The number of nitrogens with one attached hydrogen (secondary N) is 1. The minimum atomic E-state index is -0.0972. The zero-order chi connectivity index (χ0) is 10.4.